The molecule has 11 heavy (non-hydrogen) atoms. The fourth-order valence-corrected chi connectivity index (χ4v) is 0.884. The maximum absolute atomic E-state index is 6.00. The Balaban J connectivity index is 2.76. The molecular formula is C8H12ClNO. The van der Waals surface area contributed by atoms with Gasteiger partial charge in [0, 0.05) is 0 Å². The van der Waals surface area contributed by atoms with Crippen LogP contribution in [-0.2, 0) is 0 Å². The summed E-state index contributed by atoms with van der Waals surface area (Å²) in [4.78, 5) is 4.13. The van der Waals surface area contributed by atoms with Crippen LogP contribution in [0.25, 0.3) is 0 Å². The van der Waals surface area contributed by atoms with E-state index in [1.165, 1.54) is 0 Å². The molecule has 0 bridgehead atoms. The molecule has 0 spiro atoms. The van der Waals surface area contributed by atoms with Gasteiger partial charge >= 0.3 is 0 Å². The third kappa shape index (κ3) is 1.96. The molecule has 62 valence electrons. The quantitative estimate of drug-likeness (QED) is 0.643. The van der Waals surface area contributed by atoms with Gasteiger partial charge in [-0.05, 0) is 12.8 Å². The largest absolute Gasteiger partial charge is 0.447 e. The number of hydrogen-bond donors (Lipinski definition) is 0. The molecule has 0 aliphatic heterocycles. The van der Waals surface area contributed by atoms with Gasteiger partial charge in [0.1, 0.15) is 11.6 Å². The lowest BCUT2D eigenvalue weighted by atomic mass is 10.1. The number of halogens is 1. The number of aryl methyl sites for hydroxylation is 1. The highest BCUT2D eigenvalue weighted by Crippen LogP contribution is 2.27. The molecule has 1 atom stereocenters. The molecule has 0 radical (unpaired) electrons. The van der Waals surface area contributed by atoms with Crippen molar-refractivity contribution in [2.45, 2.75) is 26.1 Å². The topological polar surface area (TPSA) is 26.0 Å². The highest BCUT2D eigenvalue weighted by Gasteiger charge is 2.16. The second-order valence-electron chi connectivity index (χ2n) is 2.97. The van der Waals surface area contributed by atoms with Crippen LogP contribution in [0, 0.1) is 12.8 Å². The van der Waals surface area contributed by atoms with Crippen LogP contribution in [0.4, 0.5) is 0 Å². The predicted molar refractivity (Wildman–Crippen MR) is 44.7 cm³/mol. The fourth-order valence-electron chi connectivity index (χ4n) is 0.784. The zero-order chi connectivity index (χ0) is 8.43. The highest BCUT2D eigenvalue weighted by molar-refractivity contribution is 6.20. The molecule has 0 saturated carbocycles. The molecule has 1 rings (SSSR count). The summed E-state index contributed by atoms with van der Waals surface area (Å²) >= 11 is 6.00. The number of alkyl halides is 1. The number of oxazole rings is 1. The molecule has 0 saturated heterocycles. The highest BCUT2D eigenvalue weighted by atomic mass is 35.5. The first kappa shape index (κ1) is 8.60. The number of nitrogens with zero attached hydrogens (tertiary/aromatic N) is 1. The molecule has 0 fully saturated rings. The van der Waals surface area contributed by atoms with E-state index in [1.54, 1.807) is 6.26 Å². The Hall–Kier alpha value is -0.500. The van der Waals surface area contributed by atoms with Crippen molar-refractivity contribution in [1.29, 1.82) is 0 Å². The molecule has 3 heteroatoms. The summed E-state index contributed by atoms with van der Waals surface area (Å²) in [6.45, 7) is 5.96. The smallest absolute Gasteiger partial charge is 0.212 e. The van der Waals surface area contributed by atoms with E-state index in [9.17, 15) is 0 Å². The fraction of sp³-hybridized carbons (Fsp3) is 0.625. The van der Waals surface area contributed by atoms with Crippen LogP contribution in [0.3, 0.4) is 0 Å². The predicted octanol–water partition coefficient (Wildman–Crippen LogP) is 2.92. The van der Waals surface area contributed by atoms with Crippen molar-refractivity contribution in [3.63, 3.8) is 0 Å². The van der Waals surface area contributed by atoms with Gasteiger partial charge in [0.05, 0.1) is 5.69 Å². The normalized spacial score (nSPS) is 13.9. The van der Waals surface area contributed by atoms with Crippen LogP contribution >= 0.6 is 11.6 Å². The van der Waals surface area contributed by atoms with E-state index in [4.69, 9.17) is 16.0 Å². The molecule has 1 aromatic rings. The van der Waals surface area contributed by atoms with E-state index in [2.05, 4.69) is 4.98 Å². The first-order chi connectivity index (χ1) is 5.11. The molecule has 0 aromatic carbocycles. The molecular weight excluding hydrogens is 162 g/mol. The van der Waals surface area contributed by atoms with Gasteiger partial charge in [-0.3, -0.25) is 0 Å². The van der Waals surface area contributed by atoms with Crippen LogP contribution in [0.15, 0.2) is 10.7 Å². The Kier molecular flexibility index (Phi) is 2.55. The van der Waals surface area contributed by atoms with Gasteiger partial charge in [-0.15, -0.1) is 11.6 Å². The van der Waals surface area contributed by atoms with Gasteiger partial charge in [0.25, 0.3) is 0 Å². The summed E-state index contributed by atoms with van der Waals surface area (Å²) in [6, 6.07) is 0. The summed E-state index contributed by atoms with van der Waals surface area (Å²) in [6.07, 6.45) is 1.62. The van der Waals surface area contributed by atoms with Gasteiger partial charge in [0.15, 0.2) is 0 Å². The lowest BCUT2D eigenvalue weighted by Crippen LogP contribution is -1.99. The zero-order valence-corrected chi connectivity index (χ0v) is 7.72. The van der Waals surface area contributed by atoms with Crippen molar-refractivity contribution in [2.75, 3.05) is 0 Å². The second-order valence-corrected chi connectivity index (χ2v) is 3.44. The van der Waals surface area contributed by atoms with E-state index in [0.29, 0.717) is 11.8 Å². The minimum atomic E-state index is -0.108. The molecule has 0 aliphatic rings. The Morgan fingerprint density at radius 2 is 2.18 bits per heavy atom. The molecule has 1 heterocycles. The van der Waals surface area contributed by atoms with Crippen molar-refractivity contribution in [3.8, 4) is 0 Å². The van der Waals surface area contributed by atoms with Crippen molar-refractivity contribution in [2.24, 2.45) is 5.92 Å². The van der Waals surface area contributed by atoms with Crippen LogP contribution in [-0.4, -0.2) is 4.98 Å². The minimum absolute atomic E-state index is 0.108. The summed E-state index contributed by atoms with van der Waals surface area (Å²) < 4.78 is 5.14. The minimum Gasteiger partial charge on any atom is -0.447 e. The van der Waals surface area contributed by atoms with Gasteiger partial charge < -0.3 is 4.42 Å². The van der Waals surface area contributed by atoms with Crippen molar-refractivity contribution in [3.05, 3.63) is 17.8 Å². The molecule has 0 N–H and O–H groups in total. The van der Waals surface area contributed by atoms with Crippen LogP contribution < -0.4 is 0 Å². The van der Waals surface area contributed by atoms with Gasteiger partial charge in [-0.25, -0.2) is 4.98 Å². The van der Waals surface area contributed by atoms with Crippen molar-refractivity contribution >= 4 is 11.6 Å². The third-order valence-electron chi connectivity index (χ3n) is 1.46. The van der Waals surface area contributed by atoms with E-state index < -0.39 is 0 Å². The van der Waals surface area contributed by atoms with Gasteiger partial charge in [0.2, 0.25) is 5.89 Å². The summed E-state index contributed by atoms with van der Waals surface area (Å²) in [5.41, 5.74) is 0.881. The SMILES string of the molecule is Cc1coc([C@H](Cl)C(C)C)n1. The Morgan fingerprint density at radius 3 is 2.55 bits per heavy atom. The number of hydrogen-bond acceptors (Lipinski definition) is 2. The summed E-state index contributed by atoms with van der Waals surface area (Å²) in [5.74, 6) is 0.980. The summed E-state index contributed by atoms with van der Waals surface area (Å²) in [5, 5.41) is -0.108. The van der Waals surface area contributed by atoms with Gasteiger partial charge in [-0.1, -0.05) is 13.8 Å². The van der Waals surface area contributed by atoms with E-state index >= 15 is 0 Å². The maximum Gasteiger partial charge on any atom is 0.212 e. The van der Waals surface area contributed by atoms with E-state index in [-0.39, 0.29) is 5.38 Å². The maximum atomic E-state index is 6.00. The molecule has 0 aliphatic carbocycles. The zero-order valence-electron chi connectivity index (χ0n) is 6.97. The standard InChI is InChI=1S/C8H12ClNO/c1-5(2)7(9)8-10-6(3)4-11-8/h4-5,7H,1-3H3/t7-/m1/s1. The molecule has 2 nitrogen and oxygen atoms in total. The summed E-state index contributed by atoms with van der Waals surface area (Å²) in [7, 11) is 0. The van der Waals surface area contributed by atoms with Crippen LogP contribution in [0.2, 0.25) is 0 Å². The molecule has 0 unspecified atom stereocenters. The van der Waals surface area contributed by atoms with E-state index in [1.807, 2.05) is 20.8 Å². The lowest BCUT2D eigenvalue weighted by molar-refractivity contribution is 0.446. The van der Waals surface area contributed by atoms with Crippen molar-refractivity contribution < 1.29 is 4.42 Å². The molecule has 1 aromatic heterocycles. The van der Waals surface area contributed by atoms with E-state index in [0.717, 1.165) is 5.69 Å². The number of rotatable bonds is 2. The Bertz CT molecular complexity index is 232. The lowest BCUT2D eigenvalue weighted by Gasteiger charge is -2.07. The first-order valence-electron chi connectivity index (χ1n) is 3.67. The first-order valence-corrected chi connectivity index (χ1v) is 4.11. The monoisotopic (exact) mass is 173 g/mol. The Morgan fingerprint density at radius 1 is 1.55 bits per heavy atom. The average Bonchev–Trinajstić information content (AvgIpc) is 2.34. The Labute approximate surface area is 71.6 Å². The van der Waals surface area contributed by atoms with Crippen LogP contribution in [0.1, 0.15) is 30.8 Å². The number of aromatic nitrogens is 1. The van der Waals surface area contributed by atoms with Crippen molar-refractivity contribution in [1.82, 2.24) is 4.98 Å². The third-order valence-corrected chi connectivity index (χ3v) is 2.15. The average molecular weight is 174 g/mol. The molecule has 0 amide bonds. The van der Waals surface area contributed by atoms with Crippen LogP contribution in [0.5, 0.6) is 0 Å². The second kappa shape index (κ2) is 3.26. The van der Waals surface area contributed by atoms with Gasteiger partial charge in [-0.2, -0.15) is 0 Å².